The Morgan fingerprint density at radius 2 is 1.85 bits per heavy atom. The lowest BCUT2D eigenvalue weighted by atomic mass is 9.93. The Balaban J connectivity index is 0.00000364. The van der Waals surface area contributed by atoms with E-state index in [0.717, 1.165) is 37.8 Å². The van der Waals surface area contributed by atoms with E-state index in [9.17, 15) is 9.90 Å². The molecule has 27 heavy (non-hydrogen) atoms. The number of aliphatic imine (C=N–C) groups is 1. The Kier molecular flexibility index (Phi) is 11.3. The van der Waals surface area contributed by atoms with E-state index in [4.69, 9.17) is 0 Å². The molecule has 152 valence electrons. The molecule has 0 unspecified atom stereocenters. The van der Waals surface area contributed by atoms with Gasteiger partial charge in [-0.3, -0.25) is 4.79 Å². The summed E-state index contributed by atoms with van der Waals surface area (Å²) in [5.41, 5.74) is 1.12. The van der Waals surface area contributed by atoms with Gasteiger partial charge in [-0.1, -0.05) is 30.3 Å². The standard InChI is InChI=1S/C20H32N4O2.HI/c1-3-21-20(23-17-10-12-18(25)13-11-17)22-14-19(26)24(4-2)15-16-8-6-5-7-9-16;/h5-9,17-18,25H,3-4,10-15H2,1-2H3,(H2,21,22,23);1H. The number of aliphatic hydroxyl groups excluding tert-OH is 1. The number of aliphatic hydroxyl groups is 1. The number of hydrogen-bond donors (Lipinski definition) is 3. The third-order valence-corrected chi connectivity index (χ3v) is 4.70. The van der Waals surface area contributed by atoms with Crippen LogP contribution in [0, 0.1) is 0 Å². The molecular formula is C20H33IN4O2. The highest BCUT2D eigenvalue weighted by atomic mass is 127. The second-order valence-corrected chi connectivity index (χ2v) is 6.74. The molecule has 1 aliphatic carbocycles. The molecule has 0 bridgehead atoms. The van der Waals surface area contributed by atoms with Gasteiger partial charge in [-0.25, -0.2) is 4.99 Å². The van der Waals surface area contributed by atoms with E-state index >= 15 is 0 Å². The van der Waals surface area contributed by atoms with Crippen molar-refractivity contribution in [1.29, 1.82) is 0 Å². The third kappa shape index (κ3) is 8.47. The number of likely N-dealkylation sites (N-methyl/N-ethyl adjacent to an activating group) is 1. The van der Waals surface area contributed by atoms with E-state index in [0.29, 0.717) is 25.1 Å². The minimum absolute atomic E-state index is 0. The summed E-state index contributed by atoms with van der Waals surface area (Å²) in [7, 11) is 0. The minimum atomic E-state index is -0.176. The molecular weight excluding hydrogens is 455 g/mol. The predicted molar refractivity (Wildman–Crippen MR) is 120 cm³/mol. The average molecular weight is 488 g/mol. The van der Waals surface area contributed by atoms with Gasteiger partial charge < -0.3 is 20.6 Å². The molecule has 1 aliphatic rings. The first-order valence-corrected chi connectivity index (χ1v) is 9.67. The van der Waals surface area contributed by atoms with Crippen LogP contribution in [-0.4, -0.2) is 53.7 Å². The largest absolute Gasteiger partial charge is 0.393 e. The Morgan fingerprint density at radius 3 is 2.44 bits per heavy atom. The quantitative estimate of drug-likeness (QED) is 0.313. The van der Waals surface area contributed by atoms with Crippen molar-refractivity contribution in [1.82, 2.24) is 15.5 Å². The molecule has 0 saturated heterocycles. The van der Waals surface area contributed by atoms with Crippen LogP contribution in [0.1, 0.15) is 45.1 Å². The molecule has 6 nitrogen and oxygen atoms in total. The van der Waals surface area contributed by atoms with Gasteiger partial charge in [0.05, 0.1) is 6.10 Å². The van der Waals surface area contributed by atoms with Crippen LogP contribution in [0.2, 0.25) is 0 Å². The van der Waals surface area contributed by atoms with Gasteiger partial charge in [0.25, 0.3) is 0 Å². The van der Waals surface area contributed by atoms with E-state index in [2.05, 4.69) is 15.6 Å². The summed E-state index contributed by atoms with van der Waals surface area (Å²) in [5, 5.41) is 16.2. The van der Waals surface area contributed by atoms with Crippen LogP contribution in [0.15, 0.2) is 35.3 Å². The summed E-state index contributed by atoms with van der Waals surface area (Å²) < 4.78 is 0. The highest BCUT2D eigenvalue weighted by Gasteiger charge is 2.20. The number of amides is 1. The van der Waals surface area contributed by atoms with Gasteiger partial charge in [0.1, 0.15) is 6.54 Å². The SMILES string of the molecule is CCNC(=NCC(=O)N(CC)Cc1ccccc1)NC1CCC(O)CC1.I. The number of benzene rings is 1. The van der Waals surface area contributed by atoms with E-state index in [1.807, 2.05) is 49.1 Å². The second-order valence-electron chi connectivity index (χ2n) is 6.74. The molecule has 2 rings (SSSR count). The first kappa shape index (κ1) is 23.7. The Hall–Kier alpha value is -1.35. The number of carbonyl (C=O) groups is 1. The summed E-state index contributed by atoms with van der Waals surface area (Å²) >= 11 is 0. The summed E-state index contributed by atoms with van der Waals surface area (Å²) in [4.78, 5) is 18.8. The number of carbonyl (C=O) groups excluding carboxylic acids is 1. The van der Waals surface area contributed by atoms with Crippen LogP contribution >= 0.6 is 24.0 Å². The summed E-state index contributed by atoms with van der Waals surface area (Å²) in [5.74, 6) is 0.700. The zero-order chi connectivity index (χ0) is 18.8. The molecule has 1 amide bonds. The molecule has 0 atom stereocenters. The van der Waals surface area contributed by atoms with E-state index in [1.165, 1.54) is 0 Å². The summed E-state index contributed by atoms with van der Waals surface area (Å²) in [6.45, 7) is 6.14. The van der Waals surface area contributed by atoms with Gasteiger partial charge >= 0.3 is 0 Å². The molecule has 1 fully saturated rings. The van der Waals surface area contributed by atoms with Crippen molar-refractivity contribution in [2.24, 2.45) is 4.99 Å². The molecule has 0 aromatic heterocycles. The molecule has 0 radical (unpaired) electrons. The molecule has 0 heterocycles. The smallest absolute Gasteiger partial charge is 0.244 e. The van der Waals surface area contributed by atoms with E-state index in [-0.39, 0.29) is 42.5 Å². The zero-order valence-corrected chi connectivity index (χ0v) is 18.7. The van der Waals surface area contributed by atoms with Crippen LogP contribution in [0.4, 0.5) is 0 Å². The number of nitrogens with one attached hydrogen (secondary N) is 2. The predicted octanol–water partition coefficient (Wildman–Crippen LogP) is 2.51. The molecule has 0 aliphatic heterocycles. The first-order valence-electron chi connectivity index (χ1n) is 9.67. The highest BCUT2D eigenvalue weighted by Crippen LogP contribution is 2.18. The van der Waals surface area contributed by atoms with Crippen molar-refractivity contribution in [2.45, 2.75) is 58.2 Å². The lowest BCUT2D eigenvalue weighted by Crippen LogP contribution is -2.46. The Bertz CT molecular complexity index is 575. The number of guanidine groups is 1. The van der Waals surface area contributed by atoms with Crippen molar-refractivity contribution in [3.63, 3.8) is 0 Å². The normalized spacial score (nSPS) is 19.7. The van der Waals surface area contributed by atoms with Crippen molar-refractivity contribution in [2.75, 3.05) is 19.6 Å². The van der Waals surface area contributed by atoms with Crippen molar-refractivity contribution in [3.8, 4) is 0 Å². The fourth-order valence-electron chi connectivity index (χ4n) is 3.16. The fraction of sp³-hybridized carbons (Fsp3) is 0.600. The summed E-state index contributed by atoms with van der Waals surface area (Å²) in [6, 6.07) is 10.3. The van der Waals surface area contributed by atoms with Crippen molar-refractivity contribution >= 4 is 35.8 Å². The molecule has 7 heteroatoms. The first-order chi connectivity index (χ1) is 12.6. The van der Waals surface area contributed by atoms with Gasteiger partial charge in [0.15, 0.2) is 5.96 Å². The monoisotopic (exact) mass is 488 g/mol. The maximum atomic E-state index is 12.6. The Morgan fingerprint density at radius 1 is 1.19 bits per heavy atom. The molecule has 1 aromatic carbocycles. The van der Waals surface area contributed by atoms with Crippen molar-refractivity contribution in [3.05, 3.63) is 35.9 Å². The molecule has 3 N–H and O–H groups in total. The number of hydrogen-bond acceptors (Lipinski definition) is 3. The Labute approximate surface area is 179 Å². The van der Waals surface area contributed by atoms with Crippen LogP contribution in [0.25, 0.3) is 0 Å². The average Bonchev–Trinajstić information content (AvgIpc) is 2.66. The molecule has 1 saturated carbocycles. The number of rotatable bonds is 7. The van der Waals surface area contributed by atoms with Crippen molar-refractivity contribution < 1.29 is 9.90 Å². The van der Waals surface area contributed by atoms with Gasteiger partial charge in [0, 0.05) is 25.7 Å². The molecule has 1 aromatic rings. The van der Waals surface area contributed by atoms with Crippen LogP contribution in [-0.2, 0) is 11.3 Å². The van der Waals surface area contributed by atoms with Gasteiger partial charge in [-0.15, -0.1) is 24.0 Å². The summed E-state index contributed by atoms with van der Waals surface area (Å²) in [6.07, 6.45) is 3.31. The fourth-order valence-corrected chi connectivity index (χ4v) is 3.16. The minimum Gasteiger partial charge on any atom is -0.393 e. The lowest BCUT2D eigenvalue weighted by molar-refractivity contribution is -0.130. The van der Waals surface area contributed by atoms with E-state index < -0.39 is 0 Å². The maximum absolute atomic E-state index is 12.6. The number of halogens is 1. The lowest BCUT2D eigenvalue weighted by Gasteiger charge is -2.27. The topological polar surface area (TPSA) is 77.0 Å². The van der Waals surface area contributed by atoms with Gasteiger partial charge in [0.2, 0.25) is 5.91 Å². The van der Waals surface area contributed by atoms with Gasteiger partial charge in [-0.05, 0) is 45.1 Å². The van der Waals surface area contributed by atoms with Crippen LogP contribution in [0.5, 0.6) is 0 Å². The highest BCUT2D eigenvalue weighted by molar-refractivity contribution is 14.0. The third-order valence-electron chi connectivity index (χ3n) is 4.70. The maximum Gasteiger partial charge on any atom is 0.244 e. The second kappa shape index (κ2) is 12.9. The van der Waals surface area contributed by atoms with E-state index in [1.54, 1.807) is 0 Å². The van der Waals surface area contributed by atoms with Gasteiger partial charge in [-0.2, -0.15) is 0 Å². The zero-order valence-electron chi connectivity index (χ0n) is 16.4. The van der Waals surface area contributed by atoms with Crippen LogP contribution in [0.3, 0.4) is 0 Å². The number of nitrogens with zero attached hydrogens (tertiary/aromatic N) is 2. The molecule has 0 spiro atoms. The van der Waals surface area contributed by atoms with Crippen LogP contribution < -0.4 is 10.6 Å².